The second kappa shape index (κ2) is 6.91. The molecule has 1 saturated heterocycles. The maximum absolute atomic E-state index is 12.4. The van der Waals surface area contributed by atoms with E-state index in [1.165, 1.54) is 0 Å². The summed E-state index contributed by atoms with van der Waals surface area (Å²) < 4.78 is 12.6. The average molecular weight is 319 g/mol. The van der Waals surface area contributed by atoms with Crippen molar-refractivity contribution < 1.29 is 14.1 Å². The molecule has 0 spiro atoms. The summed E-state index contributed by atoms with van der Waals surface area (Å²) in [6.07, 6.45) is 4.42. The summed E-state index contributed by atoms with van der Waals surface area (Å²) in [6.45, 7) is 3.79. The van der Waals surface area contributed by atoms with E-state index < -0.39 is 0 Å². The minimum absolute atomic E-state index is 0.0271. The first-order valence-corrected chi connectivity index (χ1v) is 7.71. The fraction of sp³-hybridized carbons (Fsp3) is 0.600. The SMILES string of the molecule is CO[C@H]1CN(C(=O)CCn2cnnc2)C[C@H]1Cc1cc(C)no1. The van der Waals surface area contributed by atoms with E-state index in [1.54, 1.807) is 24.3 Å². The number of ether oxygens (including phenoxy) is 1. The molecule has 8 heteroatoms. The van der Waals surface area contributed by atoms with Crippen molar-refractivity contribution in [1.29, 1.82) is 0 Å². The van der Waals surface area contributed by atoms with Crippen LogP contribution in [0.5, 0.6) is 0 Å². The number of aromatic nitrogens is 4. The lowest BCUT2D eigenvalue weighted by molar-refractivity contribution is -0.130. The van der Waals surface area contributed by atoms with Crippen LogP contribution in [-0.4, -0.2) is 57.0 Å². The van der Waals surface area contributed by atoms with Crippen LogP contribution in [0.15, 0.2) is 23.2 Å². The highest BCUT2D eigenvalue weighted by Crippen LogP contribution is 2.24. The van der Waals surface area contributed by atoms with Crippen LogP contribution in [0.3, 0.4) is 0 Å². The van der Waals surface area contributed by atoms with Crippen LogP contribution in [0.1, 0.15) is 17.9 Å². The number of hydrogen-bond acceptors (Lipinski definition) is 6. The van der Waals surface area contributed by atoms with Crippen molar-refractivity contribution in [3.8, 4) is 0 Å². The summed E-state index contributed by atoms with van der Waals surface area (Å²) in [4.78, 5) is 14.3. The van der Waals surface area contributed by atoms with Gasteiger partial charge in [-0.15, -0.1) is 10.2 Å². The molecule has 0 aliphatic carbocycles. The number of carbonyl (C=O) groups excluding carboxylic acids is 1. The molecule has 1 aliphatic heterocycles. The number of amides is 1. The van der Waals surface area contributed by atoms with Gasteiger partial charge in [-0.05, 0) is 6.92 Å². The van der Waals surface area contributed by atoms with Crippen LogP contribution in [0.2, 0.25) is 0 Å². The standard InChI is InChI=1S/C15H21N5O3/c1-11-5-13(23-18-11)6-12-7-20(8-14(12)22-2)15(21)3-4-19-9-16-17-10-19/h5,9-10,12,14H,3-4,6-8H2,1-2H3/t12-,14+/m1/s1. The molecule has 23 heavy (non-hydrogen) atoms. The second-order valence-corrected chi connectivity index (χ2v) is 5.92. The quantitative estimate of drug-likeness (QED) is 0.778. The molecule has 2 aromatic rings. The lowest BCUT2D eigenvalue weighted by Crippen LogP contribution is -2.30. The van der Waals surface area contributed by atoms with E-state index in [-0.39, 0.29) is 17.9 Å². The molecule has 8 nitrogen and oxygen atoms in total. The van der Waals surface area contributed by atoms with Crippen molar-refractivity contribution in [3.05, 3.63) is 30.2 Å². The van der Waals surface area contributed by atoms with Crippen molar-refractivity contribution in [2.45, 2.75) is 32.4 Å². The van der Waals surface area contributed by atoms with Gasteiger partial charge in [0.15, 0.2) is 0 Å². The first-order chi connectivity index (χ1) is 11.2. The molecule has 3 rings (SSSR count). The van der Waals surface area contributed by atoms with Gasteiger partial charge in [-0.25, -0.2) is 0 Å². The first-order valence-electron chi connectivity index (χ1n) is 7.71. The molecule has 0 radical (unpaired) electrons. The molecule has 1 amide bonds. The summed E-state index contributed by atoms with van der Waals surface area (Å²) >= 11 is 0. The summed E-state index contributed by atoms with van der Waals surface area (Å²) in [5.41, 5.74) is 0.869. The zero-order valence-electron chi connectivity index (χ0n) is 13.4. The van der Waals surface area contributed by atoms with Gasteiger partial charge in [0, 0.05) is 51.6 Å². The number of likely N-dealkylation sites (tertiary alicyclic amines) is 1. The number of carbonyl (C=O) groups is 1. The normalized spacial score (nSPS) is 21.0. The fourth-order valence-electron chi connectivity index (χ4n) is 3.00. The zero-order valence-corrected chi connectivity index (χ0v) is 13.4. The Morgan fingerprint density at radius 3 is 2.83 bits per heavy atom. The van der Waals surface area contributed by atoms with Gasteiger partial charge in [0.25, 0.3) is 0 Å². The van der Waals surface area contributed by atoms with Gasteiger partial charge in [0.2, 0.25) is 5.91 Å². The monoisotopic (exact) mass is 319 g/mol. The minimum atomic E-state index is 0.0271. The Kier molecular flexibility index (Phi) is 4.71. The molecule has 0 unspecified atom stereocenters. The van der Waals surface area contributed by atoms with Gasteiger partial charge in [0.05, 0.1) is 11.8 Å². The minimum Gasteiger partial charge on any atom is -0.379 e. The molecule has 2 atom stereocenters. The predicted molar refractivity (Wildman–Crippen MR) is 80.5 cm³/mol. The van der Waals surface area contributed by atoms with Gasteiger partial charge in [0.1, 0.15) is 18.4 Å². The van der Waals surface area contributed by atoms with Crippen LogP contribution in [-0.2, 0) is 22.5 Å². The van der Waals surface area contributed by atoms with Crippen LogP contribution in [0, 0.1) is 12.8 Å². The third-order valence-electron chi connectivity index (χ3n) is 4.23. The molecule has 1 fully saturated rings. The van der Waals surface area contributed by atoms with Gasteiger partial charge in [-0.1, -0.05) is 5.16 Å². The fourth-order valence-corrected chi connectivity index (χ4v) is 3.00. The zero-order chi connectivity index (χ0) is 16.2. The smallest absolute Gasteiger partial charge is 0.224 e. The lowest BCUT2D eigenvalue weighted by Gasteiger charge is -2.16. The number of nitrogens with zero attached hydrogens (tertiary/aromatic N) is 5. The molecule has 0 saturated carbocycles. The number of rotatable bonds is 6. The van der Waals surface area contributed by atoms with Crippen molar-refractivity contribution >= 4 is 5.91 Å². The predicted octanol–water partition coefficient (Wildman–Crippen LogP) is 0.681. The highest BCUT2D eigenvalue weighted by atomic mass is 16.5. The maximum Gasteiger partial charge on any atom is 0.224 e. The molecule has 0 bridgehead atoms. The van der Waals surface area contributed by atoms with Crippen LogP contribution in [0.4, 0.5) is 0 Å². The van der Waals surface area contributed by atoms with E-state index >= 15 is 0 Å². The van der Waals surface area contributed by atoms with Crippen molar-refractivity contribution in [2.75, 3.05) is 20.2 Å². The van der Waals surface area contributed by atoms with Gasteiger partial charge in [-0.2, -0.15) is 0 Å². The largest absolute Gasteiger partial charge is 0.379 e. The Morgan fingerprint density at radius 2 is 2.17 bits per heavy atom. The molecule has 0 aromatic carbocycles. The van der Waals surface area contributed by atoms with Gasteiger partial charge >= 0.3 is 0 Å². The van der Waals surface area contributed by atoms with Gasteiger partial charge < -0.3 is 18.7 Å². The summed E-state index contributed by atoms with van der Waals surface area (Å²) in [5.74, 6) is 1.19. The highest BCUT2D eigenvalue weighted by molar-refractivity contribution is 5.76. The van der Waals surface area contributed by atoms with Crippen LogP contribution >= 0.6 is 0 Å². The van der Waals surface area contributed by atoms with Crippen molar-refractivity contribution in [1.82, 2.24) is 24.8 Å². The van der Waals surface area contributed by atoms with E-state index in [9.17, 15) is 4.79 Å². The van der Waals surface area contributed by atoms with Crippen LogP contribution in [0.25, 0.3) is 0 Å². The second-order valence-electron chi connectivity index (χ2n) is 5.92. The Hall–Kier alpha value is -2.22. The van der Waals surface area contributed by atoms with E-state index in [4.69, 9.17) is 9.26 Å². The molecule has 1 aliphatic rings. The average Bonchev–Trinajstić information content (AvgIpc) is 3.26. The topological polar surface area (TPSA) is 86.3 Å². The summed E-state index contributed by atoms with van der Waals surface area (Å²) in [7, 11) is 1.69. The Labute approximate surface area is 134 Å². The number of hydrogen-bond donors (Lipinski definition) is 0. The number of methoxy groups -OCH3 is 1. The van der Waals surface area contributed by atoms with E-state index in [0.29, 0.717) is 26.1 Å². The van der Waals surface area contributed by atoms with E-state index in [1.807, 2.05) is 17.9 Å². The molecule has 124 valence electrons. The van der Waals surface area contributed by atoms with E-state index in [0.717, 1.165) is 17.9 Å². The Bertz CT molecular complexity index is 639. The number of aryl methyl sites for hydroxylation is 2. The third-order valence-corrected chi connectivity index (χ3v) is 4.23. The first kappa shape index (κ1) is 15.7. The Balaban J connectivity index is 1.55. The lowest BCUT2D eigenvalue weighted by atomic mass is 10.0. The third kappa shape index (κ3) is 3.76. The van der Waals surface area contributed by atoms with Gasteiger partial charge in [-0.3, -0.25) is 4.79 Å². The highest BCUT2D eigenvalue weighted by Gasteiger charge is 2.35. The summed E-state index contributed by atoms with van der Waals surface area (Å²) in [6, 6.07) is 1.93. The van der Waals surface area contributed by atoms with Crippen LogP contribution < -0.4 is 0 Å². The molecular weight excluding hydrogens is 298 g/mol. The molecule has 0 N–H and O–H groups in total. The molecule has 2 aromatic heterocycles. The van der Waals surface area contributed by atoms with E-state index in [2.05, 4.69) is 15.4 Å². The summed E-state index contributed by atoms with van der Waals surface area (Å²) in [5, 5.41) is 11.4. The van der Waals surface area contributed by atoms with Crippen molar-refractivity contribution in [2.24, 2.45) is 5.92 Å². The maximum atomic E-state index is 12.4. The van der Waals surface area contributed by atoms with Crippen molar-refractivity contribution in [3.63, 3.8) is 0 Å². The Morgan fingerprint density at radius 1 is 1.39 bits per heavy atom. The molecule has 3 heterocycles. The molecular formula is C15H21N5O3.